The minimum absolute atomic E-state index is 0.127. The topological polar surface area (TPSA) is 60.9 Å². The predicted octanol–water partition coefficient (Wildman–Crippen LogP) is 1.56. The van der Waals surface area contributed by atoms with Gasteiger partial charge in [-0.1, -0.05) is 0 Å². The third-order valence-electron chi connectivity index (χ3n) is 4.12. The number of hydrogen-bond acceptors (Lipinski definition) is 5. The van der Waals surface area contributed by atoms with E-state index in [1.54, 1.807) is 6.20 Å². The number of likely N-dealkylation sites (N-methyl/N-ethyl adjacent to an activating group) is 1. The molecule has 2 aromatic heterocycles. The summed E-state index contributed by atoms with van der Waals surface area (Å²) >= 11 is 0. The van der Waals surface area contributed by atoms with Crippen molar-refractivity contribution < 1.29 is 4.39 Å². The number of aryl methyl sites for hydroxylation is 1. The Balaban J connectivity index is 1.66. The summed E-state index contributed by atoms with van der Waals surface area (Å²) < 4.78 is 13.9. The van der Waals surface area contributed by atoms with E-state index in [0.717, 1.165) is 24.6 Å². The second-order valence-corrected chi connectivity index (χ2v) is 5.92. The van der Waals surface area contributed by atoms with Crippen LogP contribution in [0.1, 0.15) is 17.7 Å². The van der Waals surface area contributed by atoms with Gasteiger partial charge in [0.2, 0.25) is 0 Å². The summed E-state index contributed by atoms with van der Waals surface area (Å²) in [5.74, 6) is 0.799. The first-order chi connectivity index (χ1) is 10.6. The molecule has 1 aliphatic heterocycles. The largest absolute Gasteiger partial charge is 0.349 e. The van der Waals surface area contributed by atoms with Gasteiger partial charge in [0.15, 0.2) is 0 Å². The molecule has 2 atom stereocenters. The van der Waals surface area contributed by atoms with E-state index in [2.05, 4.69) is 32.1 Å². The fourth-order valence-corrected chi connectivity index (χ4v) is 3.02. The summed E-state index contributed by atoms with van der Waals surface area (Å²) in [4.78, 5) is 12.4. The molecule has 3 heterocycles. The van der Waals surface area contributed by atoms with Crippen LogP contribution in [0.2, 0.25) is 0 Å². The number of hydrogen-bond donors (Lipinski definition) is 1. The van der Waals surface area contributed by atoms with Crippen molar-refractivity contribution in [2.75, 3.05) is 25.0 Å². The van der Waals surface area contributed by atoms with E-state index in [4.69, 9.17) is 0 Å². The monoisotopic (exact) mass is 304 g/mol. The normalized spacial score (nSPS) is 21.7. The highest BCUT2D eigenvalue weighted by molar-refractivity contribution is 5.40. The molecule has 0 radical (unpaired) electrons. The molecule has 2 aromatic rings. The minimum Gasteiger partial charge on any atom is -0.349 e. The maximum Gasteiger partial charge on any atom is 0.132 e. The molecule has 1 fully saturated rings. The van der Waals surface area contributed by atoms with Crippen LogP contribution in [-0.2, 0) is 6.54 Å². The predicted molar refractivity (Wildman–Crippen MR) is 82.3 cm³/mol. The first kappa shape index (κ1) is 14.9. The number of H-pyrrole nitrogens is 1. The molecule has 6 nitrogen and oxygen atoms in total. The Hall–Kier alpha value is -2.02. The van der Waals surface area contributed by atoms with Crippen molar-refractivity contribution in [3.8, 4) is 0 Å². The van der Waals surface area contributed by atoms with Crippen LogP contribution in [0.5, 0.6) is 0 Å². The standard InChI is InChI=1S/C15H21FN6/c1-11-12(6-19-20-11)7-21(2)9-14-5-13(16)8-22(14)15-3-4-17-10-18-15/h3-4,6,10,13-14H,5,7-9H2,1-2H3,(H,19,20)/t13-,14-/m0/s1. The second-order valence-electron chi connectivity index (χ2n) is 5.92. The van der Waals surface area contributed by atoms with E-state index in [0.29, 0.717) is 13.0 Å². The number of nitrogens with one attached hydrogen (secondary N) is 1. The van der Waals surface area contributed by atoms with Crippen molar-refractivity contribution in [3.05, 3.63) is 36.0 Å². The number of aromatic nitrogens is 4. The van der Waals surface area contributed by atoms with Crippen LogP contribution in [0, 0.1) is 6.92 Å². The fourth-order valence-electron chi connectivity index (χ4n) is 3.02. The summed E-state index contributed by atoms with van der Waals surface area (Å²) in [6.45, 7) is 4.00. The van der Waals surface area contributed by atoms with Crippen molar-refractivity contribution in [3.63, 3.8) is 0 Å². The zero-order valence-corrected chi connectivity index (χ0v) is 12.9. The van der Waals surface area contributed by atoms with Gasteiger partial charge in [0, 0.05) is 43.0 Å². The highest BCUT2D eigenvalue weighted by Gasteiger charge is 2.33. The summed E-state index contributed by atoms with van der Waals surface area (Å²) in [6, 6.07) is 1.97. The average Bonchev–Trinajstić information content (AvgIpc) is 3.06. The summed E-state index contributed by atoms with van der Waals surface area (Å²) in [7, 11) is 2.05. The van der Waals surface area contributed by atoms with E-state index < -0.39 is 6.17 Å². The smallest absolute Gasteiger partial charge is 0.132 e. The van der Waals surface area contributed by atoms with E-state index in [1.165, 1.54) is 11.9 Å². The Morgan fingerprint density at radius 2 is 2.36 bits per heavy atom. The van der Waals surface area contributed by atoms with Gasteiger partial charge in [-0.2, -0.15) is 5.10 Å². The quantitative estimate of drug-likeness (QED) is 0.908. The molecule has 22 heavy (non-hydrogen) atoms. The zero-order valence-electron chi connectivity index (χ0n) is 12.9. The first-order valence-electron chi connectivity index (χ1n) is 7.47. The van der Waals surface area contributed by atoms with Gasteiger partial charge < -0.3 is 4.90 Å². The number of halogens is 1. The molecule has 1 N–H and O–H groups in total. The lowest BCUT2D eigenvalue weighted by molar-refractivity contribution is 0.289. The molecule has 7 heteroatoms. The van der Waals surface area contributed by atoms with Gasteiger partial charge in [-0.15, -0.1) is 0 Å². The molecule has 3 rings (SSSR count). The van der Waals surface area contributed by atoms with Crippen molar-refractivity contribution in [1.29, 1.82) is 0 Å². The molecule has 0 aromatic carbocycles. The fraction of sp³-hybridized carbons (Fsp3) is 0.533. The summed E-state index contributed by atoms with van der Waals surface area (Å²) in [5.41, 5.74) is 2.25. The third kappa shape index (κ3) is 3.24. The van der Waals surface area contributed by atoms with E-state index >= 15 is 0 Å². The van der Waals surface area contributed by atoms with Crippen molar-refractivity contribution >= 4 is 5.82 Å². The van der Waals surface area contributed by atoms with Crippen LogP contribution in [-0.4, -0.2) is 57.4 Å². The van der Waals surface area contributed by atoms with Crippen LogP contribution < -0.4 is 4.90 Å². The number of aromatic amines is 1. The van der Waals surface area contributed by atoms with Crippen LogP contribution in [0.15, 0.2) is 24.8 Å². The summed E-state index contributed by atoms with van der Waals surface area (Å²) in [6.07, 6.45) is 4.79. The molecular formula is C15H21FN6. The lowest BCUT2D eigenvalue weighted by Crippen LogP contribution is -2.39. The Bertz CT molecular complexity index is 601. The number of alkyl halides is 1. The summed E-state index contributed by atoms with van der Waals surface area (Å²) in [5, 5.41) is 6.99. The van der Waals surface area contributed by atoms with Gasteiger partial charge in [-0.3, -0.25) is 10.00 Å². The Labute approximate surface area is 129 Å². The van der Waals surface area contributed by atoms with Crippen LogP contribution >= 0.6 is 0 Å². The maximum absolute atomic E-state index is 13.9. The van der Waals surface area contributed by atoms with Crippen molar-refractivity contribution in [2.24, 2.45) is 0 Å². The first-order valence-corrected chi connectivity index (χ1v) is 7.47. The molecule has 1 saturated heterocycles. The highest BCUT2D eigenvalue weighted by Crippen LogP contribution is 2.26. The number of nitrogens with zero attached hydrogens (tertiary/aromatic N) is 5. The van der Waals surface area contributed by atoms with Crippen molar-refractivity contribution in [1.82, 2.24) is 25.1 Å². The van der Waals surface area contributed by atoms with Gasteiger partial charge in [-0.05, 0) is 20.0 Å². The molecule has 1 aliphatic rings. The van der Waals surface area contributed by atoms with E-state index in [9.17, 15) is 4.39 Å². The Kier molecular flexibility index (Phi) is 4.33. The third-order valence-corrected chi connectivity index (χ3v) is 4.12. The Morgan fingerprint density at radius 3 is 3.05 bits per heavy atom. The molecule has 0 bridgehead atoms. The molecule has 0 unspecified atom stereocenters. The molecule has 0 saturated carbocycles. The van der Waals surface area contributed by atoms with Gasteiger partial charge in [0.25, 0.3) is 0 Å². The van der Waals surface area contributed by atoms with Gasteiger partial charge >= 0.3 is 0 Å². The number of rotatable bonds is 5. The Morgan fingerprint density at radius 1 is 1.50 bits per heavy atom. The SMILES string of the molecule is Cc1[nH]ncc1CN(C)C[C@@H]1C[C@H](F)CN1c1ccncn1. The average molecular weight is 304 g/mol. The van der Waals surface area contributed by atoms with Crippen molar-refractivity contribution in [2.45, 2.75) is 32.1 Å². The van der Waals surface area contributed by atoms with E-state index in [-0.39, 0.29) is 6.04 Å². The maximum atomic E-state index is 13.9. The van der Waals surface area contributed by atoms with Crippen LogP contribution in [0.3, 0.4) is 0 Å². The minimum atomic E-state index is -0.802. The lowest BCUT2D eigenvalue weighted by Gasteiger charge is -2.29. The molecule has 118 valence electrons. The molecule has 0 spiro atoms. The lowest BCUT2D eigenvalue weighted by atomic mass is 10.2. The molecule has 0 aliphatic carbocycles. The van der Waals surface area contributed by atoms with Crippen LogP contribution in [0.4, 0.5) is 10.2 Å². The van der Waals surface area contributed by atoms with Gasteiger partial charge in [-0.25, -0.2) is 14.4 Å². The highest BCUT2D eigenvalue weighted by atomic mass is 19.1. The van der Waals surface area contributed by atoms with Gasteiger partial charge in [0.1, 0.15) is 18.3 Å². The second kappa shape index (κ2) is 6.39. The van der Waals surface area contributed by atoms with Crippen LogP contribution in [0.25, 0.3) is 0 Å². The number of anilines is 1. The van der Waals surface area contributed by atoms with E-state index in [1.807, 2.05) is 24.1 Å². The molecule has 0 amide bonds. The molecular weight excluding hydrogens is 283 g/mol. The zero-order chi connectivity index (χ0) is 15.5. The van der Waals surface area contributed by atoms with Gasteiger partial charge in [0.05, 0.1) is 12.7 Å².